The lowest BCUT2D eigenvalue weighted by Crippen LogP contribution is -2.53. The highest BCUT2D eigenvalue weighted by atomic mass is 16.5. The largest absolute Gasteiger partial charge is 0.385 e. The number of hydrogen-bond acceptors (Lipinski definition) is 3. The van der Waals surface area contributed by atoms with Gasteiger partial charge in [-0.3, -0.25) is 0 Å². The molecule has 1 saturated heterocycles. The highest BCUT2D eigenvalue weighted by Gasteiger charge is 2.49. The Morgan fingerprint density at radius 3 is 2.74 bits per heavy atom. The van der Waals surface area contributed by atoms with Gasteiger partial charge in [-0.1, -0.05) is 23.8 Å². The van der Waals surface area contributed by atoms with Crippen molar-refractivity contribution < 1.29 is 9.84 Å². The zero-order chi connectivity index (χ0) is 14.1. The van der Waals surface area contributed by atoms with Crippen molar-refractivity contribution in [1.82, 2.24) is 0 Å². The fourth-order valence-electron chi connectivity index (χ4n) is 3.14. The quantitative estimate of drug-likeness (QED) is 0.879. The molecule has 19 heavy (non-hydrogen) atoms. The maximum absolute atomic E-state index is 11.2. The molecule has 0 aliphatic carbocycles. The number of nitrogens with two attached hydrogens (primary N) is 1. The average molecular weight is 263 g/mol. The van der Waals surface area contributed by atoms with Gasteiger partial charge in [-0.2, -0.15) is 0 Å². The minimum absolute atomic E-state index is 0.385. The summed E-state index contributed by atoms with van der Waals surface area (Å²) in [6.07, 6.45) is 1.86. The minimum atomic E-state index is -0.960. The van der Waals surface area contributed by atoms with Gasteiger partial charge in [0.15, 0.2) is 0 Å². The van der Waals surface area contributed by atoms with Crippen LogP contribution in [0.1, 0.15) is 36.5 Å². The molecule has 0 spiro atoms. The Morgan fingerprint density at radius 2 is 2.16 bits per heavy atom. The molecule has 1 heterocycles. The van der Waals surface area contributed by atoms with Crippen LogP contribution in [0.2, 0.25) is 0 Å². The van der Waals surface area contributed by atoms with Crippen LogP contribution in [-0.2, 0) is 10.3 Å². The van der Waals surface area contributed by atoms with Gasteiger partial charge in [0.2, 0.25) is 0 Å². The number of rotatable bonds is 3. The first kappa shape index (κ1) is 14.5. The third-order valence-corrected chi connectivity index (χ3v) is 4.66. The van der Waals surface area contributed by atoms with E-state index >= 15 is 0 Å². The van der Waals surface area contributed by atoms with Gasteiger partial charge in [0.05, 0.1) is 12.2 Å². The molecular weight excluding hydrogens is 238 g/mol. The molecule has 1 aromatic carbocycles. The number of hydrogen-bond donors (Lipinski definition) is 2. The second kappa shape index (κ2) is 5.23. The fraction of sp³-hybridized carbons (Fsp3) is 0.625. The molecule has 1 aliphatic rings. The zero-order valence-electron chi connectivity index (χ0n) is 12.2. The third kappa shape index (κ3) is 2.42. The second-order valence-corrected chi connectivity index (χ2v) is 6.03. The first-order valence-corrected chi connectivity index (χ1v) is 7.01. The molecule has 0 amide bonds. The molecule has 1 fully saturated rings. The van der Waals surface area contributed by atoms with Crippen LogP contribution in [-0.4, -0.2) is 24.9 Å². The molecule has 2 rings (SSSR count). The Morgan fingerprint density at radius 1 is 1.42 bits per heavy atom. The predicted molar refractivity (Wildman–Crippen MR) is 77.0 cm³/mol. The second-order valence-electron chi connectivity index (χ2n) is 6.03. The summed E-state index contributed by atoms with van der Waals surface area (Å²) in [5, 5.41) is 11.2. The summed E-state index contributed by atoms with van der Waals surface area (Å²) in [5.41, 5.74) is 7.90. The van der Waals surface area contributed by atoms with Crippen molar-refractivity contribution in [1.29, 1.82) is 0 Å². The molecular formula is C16H25NO2. The molecule has 0 radical (unpaired) electrons. The van der Waals surface area contributed by atoms with E-state index in [4.69, 9.17) is 10.5 Å². The van der Waals surface area contributed by atoms with Gasteiger partial charge in [-0.05, 0) is 44.7 Å². The van der Waals surface area contributed by atoms with Gasteiger partial charge in [-0.25, -0.2) is 0 Å². The Kier molecular flexibility index (Phi) is 4.00. The van der Waals surface area contributed by atoms with E-state index in [1.165, 1.54) is 0 Å². The lowest BCUT2D eigenvalue weighted by Gasteiger charge is -2.47. The summed E-state index contributed by atoms with van der Waals surface area (Å²) >= 11 is 0. The lowest BCUT2D eigenvalue weighted by molar-refractivity contribution is -0.139. The summed E-state index contributed by atoms with van der Waals surface area (Å²) in [4.78, 5) is 0. The first-order chi connectivity index (χ1) is 8.93. The monoisotopic (exact) mass is 263 g/mol. The Labute approximate surface area is 115 Å². The predicted octanol–water partition coefficient (Wildman–Crippen LogP) is 2.27. The number of aryl methyl sites for hydroxylation is 2. The minimum Gasteiger partial charge on any atom is -0.385 e. The van der Waals surface area contributed by atoms with Crippen molar-refractivity contribution in [3.63, 3.8) is 0 Å². The van der Waals surface area contributed by atoms with Crippen molar-refractivity contribution >= 4 is 0 Å². The van der Waals surface area contributed by atoms with Crippen LogP contribution in [0, 0.1) is 19.3 Å². The summed E-state index contributed by atoms with van der Waals surface area (Å²) in [6.45, 7) is 7.71. The van der Waals surface area contributed by atoms with E-state index in [1.807, 2.05) is 20.8 Å². The van der Waals surface area contributed by atoms with Gasteiger partial charge < -0.3 is 15.6 Å². The molecule has 0 bridgehead atoms. The SMILES string of the molecule is Cc1ccc(C)c(C(C)(O)C2(CN)CCCOC2)c1. The van der Waals surface area contributed by atoms with Crippen molar-refractivity contribution in [2.24, 2.45) is 11.1 Å². The standard InChI is InChI=1S/C16H25NO2/c1-12-5-6-13(2)14(9-12)15(3,18)16(10-17)7-4-8-19-11-16/h5-6,9,18H,4,7-8,10-11,17H2,1-3H3. The van der Waals surface area contributed by atoms with E-state index in [-0.39, 0.29) is 5.41 Å². The van der Waals surface area contributed by atoms with E-state index in [2.05, 4.69) is 18.2 Å². The highest BCUT2D eigenvalue weighted by Crippen LogP contribution is 2.45. The third-order valence-electron chi connectivity index (χ3n) is 4.66. The van der Waals surface area contributed by atoms with E-state index in [0.29, 0.717) is 13.2 Å². The van der Waals surface area contributed by atoms with Crippen molar-refractivity contribution in [3.05, 3.63) is 34.9 Å². The van der Waals surface area contributed by atoms with Gasteiger partial charge in [0, 0.05) is 18.6 Å². The molecule has 0 aromatic heterocycles. The van der Waals surface area contributed by atoms with Crippen LogP contribution in [0.3, 0.4) is 0 Å². The van der Waals surface area contributed by atoms with Crippen molar-refractivity contribution in [3.8, 4) is 0 Å². The Bertz CT molecular complexity index is 448. The van der Waals surface area contributed by atoms with Gasteiger partial charge in [-0.15, -0.1) is 0 Å². The van der Waals surface area contributed by atoms with Crippen molar-refractivity contribution in [2.45, 2.75) is 39.2 Å². The number of benzene rings is 1. The van der Waals surface area contributed by atoms with Gasteiger partial charge in [0.25, 0.3) is 0 Å². The van der Waals surface area contributed by atoms with Crippen molar-refractivity contribution in [2.75, 3.05) is 19.8 Å². The summed E-state index contributed by atoms with van der Waals surface area (Å²) in [7, 11) is 0. The molecule has 3 heteroatoms. The zero-order valence-corrected chi connectivity index (χ0v) is 12.2. The lowest BCUT2D eigenvalue weighted by atomic mass is 9.65. The normalized spacial score (nSPS) is 27.0. The molecule has 0 saturated carbocycles. The summed E-state index contributed by atoms with van der Waals surface area (Å²) in [6, 6.07) is 6.20. The van der Waals surface area contributed by atoms with E-state index in [9.17, 15) is 5.11 Å². The molecule has 1 aromatic rings. The summed E-state index contributed by atoms with van der Waals surface area (Å²) < 4.78 is 5.61. The average Bonchev–Trinajstić information content (AvgIpc) is 2.42. The van der Waals surface area contributed by atoms with Gasteiger partial charge in [0.1, 0.15) is 0 Å². The fourth-order valence-corrected chi connectivity index (χ4v) is 3.14. The van der Waals surface area contributed by atoms with Crippen LogP contribution in [0.4, 0.5) is 0 Å². The molecule has 3 nitrogen and oxygen atoms in total. The van der Waals surface area contributed by atoms with Gasteiger partial charge >= 0.3 is 0 Å². The molecule has 2 atom stereocenters. The molecule has 106 valence electrons. The van der Waals surface area contributed by atoms with Crippen LogP contribution in [0.5, 0.6) is 0 Å². The highest BCUT2D eigenvalue weighted by molar-refractivity contribution is 5.36. The van der Waals surface area contributed by atoms with E-state index in [0.717, 1.165) is 36.1 Å². The molecule has 2 unspecified atom stereocenters. The number of ether oxygens (including phenoxy) is 1. The smallest absolute Gasteiger partial charge is 0.0961 e. The molecule has 3 N–H and O–H groups in total. The Balaban J connectivity index is 2.47. The van der Waals surface area contributed by atoms with E-state index in [1.54, 1.807) is 0 Å². The number of aliphatic hydroxyl groups is 1. The van der Waals surface area contributed by atoms with Crippen LogP contribution >= 0.6 is 0 Å². The van der Waals surface area contributed by atoms with Crippen LogP contribution in [0.25, 0.3) is 0 Å². The maximum atomic E-state index is 11.2. The first-order valence-electron chi connectivity index (χ1n) is 7.01. The van der Waals surface area contributed by atoms with Crippen LogP contribution < -0.4 is 5.73 Å². The Hall–Kier alpha value is -0.900. The van der Waals surface area contributed by atoms with Crippen LogP contribution in [0.15, 0.2) is 18.2 Å². The van der Waals surface area contributed by atoms with E-state index < -0.39 is 5.60 Å². The maximum Gasteiger partial charge on any atom is 0.0961 e. The topological polar surface area (TPSA) is 55.5 Å². The molecule has 1 aliphatic heterocycles. The summed E-state index contributed by atoms with van der Waals surface area (Å²) in [5.74, 6) is 0.